The van der Waals surface area contributed by atoms with Gasteiger partial charge in [-0.1, -0.05) is 11.6 Å². The van der Waals surface area contributed by atoms with Crippen LogP contribution in [0.25, 0.3) is 0 Å². The Morgan fingerprint density at radius 3 is 2.83 bits per heavy atom. The molecule has 92 valence electrons. The average molecular weight is 266 g/mol. The molecule has 4 nitrogen and oxygen atoms in total. The summed E-state index contributed by atoms with van der Waals surface area (Å²) in [4.78, 5) is 15.7. The number of hydrogen-bond donors (Lipinski definition) is 2. The number of nitrogens with one attached hydrogen (secondary N) is 1. The van der Waals surface area contributed by atoms with Crippen molar-refractivity contribution < 1.29 is 9.18 Å². The Balaban J connectivity index is 2.25. The number of carbonyl (C=O) groups is 1. The Kier molecular flexibility index (Phi) is 3.43. The van der Waals surface area contributed by atoms with Gasteiger partial charge in [0.2, 0.25) is 0 Å². The molecule has 0 bridgehead atoms. The number of nitrogen functional groups attached to an aromatic ring is 1. The molecule has 0 unspecified atom stereocenters. The number of nitrogens with two attached hydrogens (primary N) is 1. The van der Waals surface area contributed by atoms with Gasteiger partial charge in [0.25, 0.3) is 5.91 Å². The lowest BCUT2D eigenvalue weighted by atomic mass is 10.2. The molecule has 3 N–H and O–H groups in total. The molecular weight excluding hydrogens is 257 g/mol. The quantitative estimate of drug-likeness (QED) is 0.877. The van der Waals surface area contributed by atoms with Gasteiger partial charge < -0.3 is 11.1 Å². The van der Waals surface area contributed by atoms with E-state index >= 15 is 0 Å². The highest BCUT2D eigenvalue weighted by Gasteiger charge is 2.13. The van der Waals surface area contributed by atoms with Gasteiger partial charge in [-0.15, -0.1) is 0 Å². The Morgan fingerprint density at radius 1 is 1.39 bits per heavy atom. The largest absolute Gasteiger partial charge is 0.396 e. The molecule has 0 spiro atoms. The number of benzene rings is 1. The standard InChI is InChI=1S/C12H9ClFN3O/c13-7-3-4-8(9(14)6-7)12(18)17-11-10(15)2-1-5-16-11/h1-6H,15H2,(H,16,17,18). The first-order chi connectivity index (χ1) is 8.58. The molecule has 1 heterocycles. The Morgan fingerprint density at radius 2 is 2.17 bits per heavy atom. The summed E-state index contributed by atoms with van der Waals surface area (Å²) < 4.78 is 13.5. The molecule has 2 rings (SSSR count). The van der Waals surface area contributed by atoms with E-state index in [9.17, 15) is 9.18 Å². The highest BCUT2D eigenvalue weighted by molar-refractivity contribution is 6.30. The fraction of sp³-hybridized carbons (Fsp3) is 0. The van der Waals surface area contributed by atoms with E-state index in [1.165, 1.54) is 18.3 Å². The van der Waals surface area contributed by atoms with Crippen molar-refractivity contribution in [2.45, 2.75) is 0 Å². The van der Waals surface area contributed by atoms with E-state index in [1.54, 1.807) is 12.1 Å². The molecule has 0 fully saturated rings. The molecule has 1 amide bonds. The van der Waals surface area contributed by atoms with Crippen molar-refractivity contribution in [2.75, 3.05) is 11.1 Å². The summed E-state index contributed by atoms with van der Waals surface area (Å²) in [5.74, 6) is -1.14. The van der Waals surface area contributed by atoms with E-state index in [0.717, 1.165) is 6.07 Å². The van der Waals surface area contributed by atoms with Crippen LogP contribution in [0.2, 0.25) is 5.02 Å². The van der Waals surface area contributed by atoms with Crippen molar-refractivity contribution in [3.8, 4) is 0 Å². The summed E-state index contributed by atoms with van der Waals surface area (Å²) >= 11 is 5.60. The third-order valence-electron chi connectivity index (χ3n) is 2.25. The highest BCUT2D eigenvalue weighted by Crippen LogP contribution is 2.18. The zero-order valence-electron chi connectivity index (χ0n) is 9.15. The van der Waals surface area contributed by atoms with Gasteiger partial charge in [0.1, 0.15) is 5.82 Å². The number of aromatic nitrogens is 1. The van der Waals surface area contributed by atoms with E-state index < -0.39 is 11.7 Å². The molecule has 0 aliphatic carbocycles. The minimum absolute atomic E-state index is 0.121. The number of carbonyl (C=O) groups excluding carboxylic acids is 1. The monoisotopic (exact) mass is 265 g/mol. The lowest BCUT2D eigenvalue weighted by Gasteiger charge is -2.07. The molecule has 0 aliphatic rings. The normalized spacial score (nSPS) is 10.1. The molecule has 1 aromatic carbocycles. The van der Waals surface area contributed by atoms with E-state index in [2.05, 4.69) is 10.3 Å². The smallest absolute Gasteiger partial charge is 0.259 e. The van der Waals surface area contributed by atoms with Gasteiger partial charge in [-0.05, 0) is 30.3 Å². The average Bonchev–Trinajstić information content (AvgIpc) is 2.32. The molecule has 0 aliphatic heterocycles. The summed E-state index contributed by atoms with van der Waals surface area (Å²) in [7, 11) is 0. The van der Waals surface area contributed by atoms with Crippen LogP contribution in [-0.2, 0) is 0 Å². The molecule has 0 atom stereocenters. The third-order valence-corrected chi connectivity index (χ3v) is 2.48. The third kappa shape index (κ3) is 2.57. The summed E-state index contributed by atoms with van der Waals surface area (Å²) in [5.41, 5.74) is 5.80. The fourth-order valence-corrected chi connectivity index (χ4v) is 1.53. The van der Waals surface area contributed by atoms with Crippen molar-refractivity contribution in [3.63, 3.8) is 0 Å². The van der Waals surface area contributed by atoms with Crippen LogP contribution in [0.15, 0.2) is 36.5 Å². The van der Waals surface area contributed by atoms with Gasteiger partial charge in [0.15, 0.2) is 5.82 Å². The molecule has 0 saturated carbocycles. The van der Waals surface area contributed by atoms with Gasteiger partial charge in [-0.3, -0.25) is 4.79 Å². The van der Waals surface area contributed by atoms with Crippen molar-refractivity contribution in [2.24, 2.45) is 0 Å². The SMILES string of the molecule is Nc1cccnc1NC(=O)c1ccc(Cl)cc1F. The fourth-order valence-electron chi connectivity index (χ4n) is 1.37. The first-order valence-electron chi connectivity index (χ1n) is 5.05. The lowest BCUT2D eigenvalue weighted by Crippen LogP contribution is -2.15. The minimum Gasteiger partial charge on any atom is -0.396 e. The Labute approximate surface area is 108 Å². The Bertz CT molecular complexity index is 604. The van der Waals surface area contributed by atoms with Crippen LogP contribution in [0.5, 0.6) is 0 Å². The van der Waals surface area contributed by atoms with Crippen LogP contribution in [-0.4, -0.2) is 10.9 Å². The first kappa shape index (κ1) is 12.3. The maximum atomic E-state index is 13.5. The molecule has 6 heteroatoms. The number of pyridine rings is 1. The van der Waals surface area contributed by atoms with Crippen LogP contribution >= 0.6 is 11.6 Å². The predicted octanol–water partition coefficient (Wildman–Crippen LogP) is 2.71. The second kappa shape index (κ2) is 5.01. The van der Waals surface area contributed by atoms with Crippen LogP contribution in [0, 0.1) is 5.82 Å². The predicted molar refractivity (Wildman–Crippen MR) is 68.0 cm³/mol. The maximum Gasteiger partial charge on any atom is 0.259 e. The van der Waals surface area contributed by atoms with E-state index in [1.807, 2.05) is 0 Å². The molecule has 1 aromatic heterocycles. The topological polar surface area (TPSA) is 68.0 Å². The number of anilines is 2. The van der Waals surface area contributed by atoms with Crippen molar-refractivity contribution in [1.82, 2.24) is 4.98 Å². The Hall–Kier alpha value is -2.14. The van der Waals surface area contributed by atoms with Crippen molar-refractivity contribution >= 4 is 29.0 Å². The van der Waals surface area contributed by atoms with Crippen molar-refractivity contribution in [3.05, 3.63) is 52.9 Å². The molecule has 18 heavy (non-hydrogen) atoms. The minimum atomic E-state index is -0.700. The molecular formula is C12H9ClFN3O. The molecule has 2 aromatic rings. The van der Waals surface area contributed by atoms with Crippen molar-refractivity contribution in [1.29, 1.82) is 0 Å². The lowest BCUT2D eigenvalue weighted by molar-refractivity contribution is 0.102. The van der Waals surface area contributed by atoms with Gasteiger partial charge in [0.05, 0.1) is 11.3 Å². The van der Waals surface area contributed by atoms with Gasteiger partial charge in [-0.2, -0.15) is 0 Å². The van der Waals surface area contributed by atoms with Crippen LogP contribution in [0.3, 0.4) is 0 Å². The summed E-state index contributed by atoms with van der Waals surface area (Å²) in [6.07, 6.45) is 1.48. The molecule has 0 radical (unpaired) electrons. The highest BCUT2D eigenvalue weighted by atomic mass is 35.5. The van der Waals surface area contributed by atoms with Crippen LogP contribution in [0.1, 0.15) is 10.4 Å². The molecule has 0 saturated heterocycles. The number of hydrogen-bond acceptors (Lipinski definition) is 3. The zero-order valence-corrected chi connectivity index (χ0v) is 9.91. The first-order valence-corrected chi connectivity index (χ1v) is 5.42. The number of rotatable bonds is 2. The maximum absolute atomic E-state index is 13.5. The zero-order chi connectivity index (χ0) is 13.1. The van der Waals surface area contributed by atoms with E-state index in [0.29, 0.717) is 5.69 Å². The van der Waals surface area contributed by atoms with Crippen LogP contribution in [0.4, 0.5) is 15.9 Å². The van der Waals surface area contributed by atoms with Gasteiger partial charge in [-0.25, -0.2) is 9.37 Å². The second-order valence-corrected chi connectivity index (χ2v) is 3.96. The number of amides is 1. The van der Waals surface area contributed by atoms with Crippen LogP contribution < -0.4 is 11.1 Å². The van der Waals surface area contributed by atoms with Gasteiger partial charge >= 0.3 is 0 Å². The second-order valence-electron chi connectivity index (χ2n) is 3.52. The van der Waals surface area contributed by atoms with E-state index in [-0.39, 0.29) is 16.4 Å². The number of nitrogens with zero attached hydrogens (tertiary/aromatic N) is 1. The summed E-state index contributed by atoms with van der Waals surface area (Å²) in [5, 5.41) is 2.65. The summed E-state index contributed by atoms with van der Waals surface area (Å²) in [6, 6.07) is 7.01. The number of halogens is 2. The summed E-state index contributed by atoms with van der Waals surface area (Å²) in [6.45, 7) is 0. The van der Waals surface area contributed by atoms with Gasteiger partial charge in [0, 0.05) is 11.2 Å². The van der Waals surface area contributed by atoms with E-state index in [4.69, 9.17) is 17.3 Å².